The van der Waals surface area contributed by atoms with Gasteiger partial charge in [0.05, 0.1) is 27.2 Å². The van der Waals surface area contributed by atoms with Crippen molar-refractivity contribution in [3.05, 3.63) is 84.5 Å². The van der Waals surface area contributed by atoms with Gasteiger partial charge in [-0.1, -0.05) is 18.2 Å². The van der Waals surface area contributed by atoms with Gasteiger partial charge < -0.3 is 0 Å². The van der Waals surface area contributed by atoms with Crippen LogP contribution in [-0.4, -0.2) is 32.4 Å². The van der Waals surface area contributed by atoms with Gasteiger partial charge in [-0.3, -0.25) is 14.5 Å². The molecule has 0 unspecified atom stereocenters. The number of benzene rings is 2. The van der Waals surface area contributed by atoms with Crippen LogP contribution in [-0.2, 0) is 33.6 Å². The summed E-state index contributed by atoms with van der Waals surface area (Å²) in [5.74, 6) is -0.363. The second kappa shape index (κ2) is 9.25. The molecule has 174 valence electrons. The number of aromatic nitrogens is 4. The summed E-state index contributed by atoms with van der Waals surface area (Å²) in [6.45, 7) is 2.15. The summed E-state index contributed by atoms with van der Waals surface area (Å²) >= 11 is 0. The fraction of sp³-hybridized carbons (Fsp3) is 0.333. The van der Waals surface area contributed by atoms with E-state index in [9.17, 15) is 9.59 Å². The van der Waals surface area contributed by atoms with Gasteiger partial charge >= 0.3 is 0 Å². The lowest BCUT2D eigenvalue weighted by atomic mass is 9.90. The molecule has 0 radical (unpaired) electrons. The normalized spacial score (nSPS) is 13.3. The molecule has 0 atom stereocenters. The number of rotatable bonds is 9. The third kappa shape index (κ3) is 4.25. The molecule has 0 spiro atoms. The van der Waals surface area contributed by atoms with Crippen LogP contribution in [0.2, 0.25) is 0 Å². The number of unbranched alkanes of at least 4 members (excludes halogenated alkanes) is 1. The van der Waals surface area contributed by atoms with Crippen LogP contribution in [0.15, 0.2) is 67.8 Å². The summed E-state index contributed by atoms with van der Waals surface area (Å²) in [6, 6.07) is 9.83. The zero-order valence-corrected chi connectivity index (χ0v) is 19.9. The first-order valence-corrected chi connectivity index (χ1v) is 11.9. The number of amides is 2. The Morgan fingerprint density at radius 2 is 1.38 bits per heavy atom. The van der Waals surface area contributed by atoms with Crippen molar-refractivity contribution in [2.45, 2.75) is 38.8 Å². The first kappa shape index (κ1) is 22.1. The first-order valence-electron chi connectivity index (χ1n) is 11.9. The molecule has 3 heterocycles. The number of carbonyl (C=O) groups excluding carboxylic acids is 2. The van der Waals surface area contributed by atoms with Gasteiger partial charge in [0.25, 0.3) is 11.8 Å². The van der Waals surface area contributed by atoms with Crippen LogP contribution in [0.1, 0.15) is 45.5 Å². The Bertz CT molecular complexity index is 1340. The maximum absolute atomic E-state index is 13.3. The van der Waals surface area contributed by atoms with Gasteiger partial charge in [-0.25, -0.2) is 18.3 Å². The van der Waals surface area contributed by atoms with Crippen molar-refractivity contribution in [2.75, 3.05) is 6.54 Å². The number of hydrogen-bond acceptors (Lipinski definition) is 2. The molecule has 4 aromatic rings. The number of aryl methyl sites for hydroxylation is 5. The molecule has 0 bridgehead atoms. The topological polar surface area (TPSA) is 55.0 Å². The monoisotopic (exact) mass is 457 g/mol. The van der Waals surface area contributed by atoms with Crippen molar-refractivity contribution in [3.8, 4) is 0 Å². The molecular weight excluding hydrogens is 426 g/mol. The fourth-order valence-electron chi connectivity index (χ4n) is 4.92. The van der Waals surface area contributed by atoms with E-state index in [1.807, 2.05) is 72.4 Å². The van der Waals surface area contributed by atoms with Crippen LogP contribution >= 0.6 is 0 Å². The van der Waals surface area contributed by atoms with Crippen molar-refractivity contribution < 1.29 is 18.7 Å². The largest absolute Gasteiger partial charge is 0.274 e. The SMILES string of the molecule is C[n+]1ccn(CCCCc2ccc3c4c(cccc24)C(=O)N(CCCn2cc[n+](C)c2)C3=O)c1. The predicted octanol–water partition coefficient (Wildman–Crippen LogP) is 2.80. The maximum atomic E-state index is 13.3. The van der Waals surface area contributed by atoms with Gasteiger partial charge in [-0.05, 0) is 42.3 Å². The molecule has 34 heavy (non-hydrogen) atoms. The third-order valence-corrected chi connectivity index (χ3v) is 6.64. The van der Waals surface area contributed by atoms with E-state index < -0.39 is 0 Å². The highest BCUT2D eigenvalue weighted by Crippen LogP contribution is 2.33. The molecular formula is C27H31N5O2+2. The van der Waals surface area contributed by atoms with Crippen molar-refractivity contribution in [1.82, 2.24) is 14.0 Å². The van der Waals surface area contributed by atoms with E-state index in [1.54, 1.807) is 0 Å². The number of imidazole rings is 2. The van der Waals surface area contributed by atoms with Gasteiger partial charge in [0.2, 0.25) is 12.7 Å². The van der Waals surface area contributed by atoms with E-state index in [1.165, 1.54) is 10.5 Å². The number of carbonyl (C=O) groups is 2. The molecule has 0 fully saturated rings. The van der Waals surface area contributed by atoms with Crippen LogP contribution in [0.25, 0.3) is 10.8 Å². The minimum absolute atomic E-state index is 0.182. The molecule has 1 aliphatic rings. The molecule has 2 aromatic heterocycles. The van der Waals surface area contributed by atoms with Crippen molar-refractivity contribution >= 4 is 22.6 Å². The summed E-state index contributed by atoms with van der Waals surface area (Å²) in [7, 11) is 4.00. The standard InChI is InChI=1S/C27H31N5O2/c1-28-15-17-30(19-28)12-4-3-7-21-10-11-24-25-22(21)8-5-9-23(25)26(33)32(27(24)34)14-6-13-31-18-16-29(2)20-31/h5,8-11,15-20H,3-4,6-7,12-14H2,1-2H3/q+2. The Hall–Kier alpha value is -3.74. The van der Waals surface area contributed by atoms with E-state index in [2.05, 4.69) is 27.7 Å². The fourth-order valence-corrected chi connectivity index (χ4v) is 4.92. The summed E-state index contributed by atoms with van der Waals surface area (Å²) in [4.78, 5) is 28.0. The molecule has 0 saturated carbocycles. The summed E-state index contributed by atoms with van der Waals surface area (Å²) in [6.07, 6.45) is 16.0. The zero-order valence-electron chi connectivity index (χ0n) is 19.9. The second-order valence-electron chi connectivity index (χ2n) is 9.21. The summed E-state index contributed by atoms with van der Waals surface area (Å²) < 4.78 is 8.28. The molecule has 2 aromatic carbocycles. The highest BCUT2D eigenvalue weighted by atomic mass is 16.2. The van der Waals surface area contributed by atoms with Crippen molar-refractivity contribution in [3.63, 3.8) is 0 Å². The van der Waals surface area contributed by atoms with Gasteiger partial charge in [0.1, 0.15) is 24.8 Å². The minimum atomic E-state index is -0.182. The zero-order chi connectivity index (χ0) is 23.7. The lowest BCUT2D eigenvalue weighted by Gasteiger charge is -2.27. The average molecular weight is 458 g/mol. The number of hydrogen-bond donors (Lipinski definition) is 0. The van der Waals surface area contributed by atoms with E-state index in [0.717, 1.165) is 49.5 Å². The second-order valence-corrected chi connectivity index (χ2v) is 9.21. The molecule has 0 saturated heterocycles. The Balaban J connectivity index is 1.30. The lowest BCUT2D eigenvalue weighted by molar-refractivity contribution is -0.671. The van der Waals surface area contributed by atoms with Gasteiger partial charge in [0, 0.05) is 29.5 Å². The van der Waals surface area contributed by atoms with Crippen LogP contribution in [0.4, 0.5) is 0 Å². The maximum Gasteiger partial charge on any atom is 0.261 e. The first-order chi connectivity index (χ1) is 16.5. The van der Waals surface area contributed by atoms with Crippen LogP contribution in [0.5, 0.6) is 0 Å². The summed E-state index contributed by atoms with van der Waals surface area (Å²) in [5, 5.41) is 1.85. The molecule has 2 amide bonds. The molecule has 7 nitrogen and oxygen atoms in total. The highest BCUT2D eigenvalue weighted by molar-refractivity contribution is 6.25. The van der Waals surface area contributed by atoms with Gasteiger partial charge in [0.15, 0.2) is 0 Å². The van der Waals surface area contributed by atoms with Crippen LogP contribution < -0.4 is 9.13 Å². The Morgan fingerprint density at radius 3 is 2.03 bits per heavy atom. The molecule has 5 rings (SSSR count). The molecule has 0 aliphatic carbocycles. The molecule has 7 heteroatoms. The smallest absolute Gasteiger partial charge is 0.261 e. The number of nitrogens with zero attached hydrogens (tertiary/aromatic N) is 5. The van der Waals surface area contributed by atoms with Crippen molar-refractivity contribution in [1.29, 1.82) is 0 Å². The molecule has 0 N–H and O–H groups in total. The van der Waals surface area contributed by atoms with E-state index >= 15 is 0 Å². The van der Waals surface area contributed by atoms with Gasteiger partial charge in [-0.2, -0.15) is 0 Å². The van der Waals surface area contributed by atoms with E-state index in [-0.39, 0.29) is 11.8 Å². The average Bonchev–Trinajstić information content (AvgIpc) is 3.45. The summed E-state index contributed by atoms with van der Waals surface area (Å²) in [5.41, 5.74) is 2.48. The number of imide groups is 1. The van der Waals surface area contributed by atoms with Gasteiger partial charge in [-0.15, -0.1) is 0 Å². The van der Waals surface area contributed by atoms with E-state index in [4.69, 9.17) is 0 Å². The Labute approximate surface area is 199 Å². The Kier molecular flexibility index (Phi) is 6.01. The quantitative estimate of drug-likeness (QED) is 0.221. The van der Waals surface area contributed by atoms with Crippen LogP contribution in [0.3, 0.4) is 0 Å². The predicted molar refractivity (Wildman–Crippen MR) is 128 cm³/mol. The third-order valence-electron chi connectivity index (χ3n) is 6.64. The molecule has 1 aliphatic heterocycles. The Morgan fingerprint density at radius 1 is 0.735 bits per heavy atom. The highest BCUT2D eigenvalue weighted by Gasteiger charge is 2.32. The minimum Gasteiger partial charge on any atom is -0.274 e. The van der Waals surface area contributed by atoms with Crippen LogP contribution in [0, 0.1) is 0 Å². The van der Waals surface area contributed by atoms with E-state index in [0.29, 0.717) is 17.7 Å². The van der Waals surface area contributed by atoms with Crippen molar-refractivity contribution in [2.24, 2.45) is 14.1 Å². The lowest BCUT2D eigenvalue weighted by Crippen LogP contribution is -2.41.